The molecule has 0 aliphatic heterocycles. The molecule has 2 N–H and O–H groups in total. The third-order valence-corrected chi connectivity index (χ3v) is 3.99. The van der Waals surface area contributed by atoms with Gasteiger partial charge in [-0.1, -0.05) is 40.5 Å². The predicted molar refractivity (Wildman–Crippen MR) is 96.0 cm³/mol. The predicted octanol–water partition coefficient (Wildman–Crippen LogP) is 2.98. The SMILES string of the molecule is C/C(=N\NC(=O)Cn1nnc2ccccc21)c1cc(Cl)cc(Cl)c1O. The number of nitrogens with zero attached hydrogens (tertiary/aromatic N) is 4. The maximum atomic E-state index is 12.1. The van der Waals surface area contributed by atoms with Crippen molar-refractivity contribution in [3.8, 4) is 5.75 Å². The molecule has 7 nitrogen and oxygen atoms in total. The van der Waals surface area contributed by atoms with Crippen molar-refractivity contribution < 1.29 is 9.90 Å². The second-order valence-electron chi connectivity index (χ2n) is 5.25. The van der Waals surface area contributed by atoms with Gasteiger partial charge in [0, 0.05) is 10.6 Å². The van der Waals surface area contributed by atoms with Crippen LogP contribution in [0.5, 0.6) is 5.75 Å². The van der Waals surface area contributed by atoms with Crippen LogP contribution in [-0.4, -0.2) is 31.7 Å². The van der Waals surface area contributed by atoms with E-state index in [4.69, 9.17) is 23.2 Å². The molecule has 3 aromatic rings. The van der Waals surface area contributed by atoms with Gasteiger partial charge in [0.1, 0.15) is 17.8 Å². The Bertz CT molecular complexity index is 984. The van der Waals surface area contributed by atoms with Crippen molar-refractivity contribution in [3.05, 3.63) is 52.0 Å². The highest BCUT2D eigenvalue weighted by Gasteiger charge is 2.12. The second kappa shape index (κ2) is 7.08. The van der Waals surface area contributed by atoms with Crippen LogP contribution >= 0.6 is 23.2 Å². The van der Waals surface area contributed by atoms with Gasteiger partial charge in [-0.3, -0.25) is 4.79 Å². The normalized spacial score (nSPS) is 11.7. The molecule has 0 fully saturated rings. The van der Waals surface area contributed by atoms with Crippen molar-refractivity contribution in [2.45, 2.75) is 13.5 Å². The first kappa shape index (κ1) is 17.2. The van der Waals surface area contributed by atoms with Gasteiger partial charge in [-0.15, -0.1) is 5.10 Å². The summed E-state index contributed by atoms with van der Waals surface area (Å²) in [6, 6.07) is 10.3. The minimum absolute atomic E-state index is 0.0421. The quantitative estimate of drug-likeness (QED) is 0.539. The van der Waals surface area contributed by atoms with E-state index in [1.165, 1.54) is 16.8 Å². The van der Waals surface area contributed by atoms with E-state index < -0.39 is 0 Å². The molecule has 1 amide bonds. The summed E-state index contributed by atoms with van der Waals surface area (Å²) in [5.74, 6) is -0.536. The van der Waals surface area contributed by atoms with Crippen LogP contribution in [-0.2, 0) is 11.3 Å². The topological polar surface area (TPSA) is 92.4 Å². The van der Waals surface area contributed by atoms with Gasteiger partial charge in [-0.05, 0) is 31.2 Å². The Morgan fingerprint density at radius 3 is 2.88 bits per heavy atom. The molecule has 3 rings (SSSR count). The van der Waals surface area contributed by atoms with Crippen molar-refractivity contribution >= 4 is 45.9 Å². The molecule has 1 heterocycles. The summed E-state index contributed by atoms with van der Waals surface area (Å²) in [5, 5.41) is 22.3. The number of hydrazone groups is 1. The number of aromatic hydroxyl groups is 1. The summed E-state index contributed by atoms with van der Waals surface area (Å²) in [4.78, 5) is 12.1. The summed E-state index contributed by atoms with van der Waals surface area (Å²) in [7, 11) is 0. The summed E-state index contributed by atoms with van der Waals surface area (Å²) in [5.41, 5.74) is 4.56. The smallest absolute Gasteiger partial charge is 0.261 e. The van der Waals surface area contributed by atoms with Gasteiger partial charge < -0.3 is 5.11 Å². The molecule has 0 radical (unpaired) electrons. The van der Waals surface area contributed by atoms with Gasteiger partial charge in [0.15, 0.2) is 0 Å². The fourth-order valence-electron chi connectivity index (χ4n) is 2.25. The first-order valence-electron chi connectivity index (χ1n) is 7.25. The summed E-state index contributed by atoms with van der Waals surface area (Å²) in [6.07, 6.45) is 0. The van der Waals surface area contributed by atoms with Crippen LogP contribution in [0.2, 0.25) is 10.0 Å². The zero-order valence-electron chi connectivity index (χ0n) is 13.1. The van der Waals surface area contributed by atoms with Crippen molar-refractivity contribution in [1.82, 2.24) is 20.4 Å². The highest BCUT2D eigenvalue weighted by molar-refractivity contribution is 6.36. The second-order valence-corrected chi connectivity index (χ2v) is 6.10. The largest absolute Gasteiger partial charge is 0.506 e. The minimum atomic E-state index is -0.386. The van der Waals surface area contributed by atoms with E-state index in [1.807, 2.05) is 24.3 Å². The van der Waals surface area contributed by atoms with E-state index in [1.54, 1.807) is 6.92 Å². The lowest BCUT2D eigenvalue weighted by Crippen LogP contribution is -2.24. The average Bonchev–Trinajstić information content (AvgIpc) is 2.99. The highest BCUT2D eigenvalue weighted by atomic mass is 35.5. The third kappa shape index (κ3) is 3.72. The van der Waals surface area contributed by atoms with Gasteiger partial charge in [0.05, 0.1) is 16.3 Å². The number of aromatic nitrogens is 3. The molecule has 0 unspecified atom stereocenters. The Morgan fingerprint density at radius 2 is 2.08 bits per heavy atom. The first-order valence-corrected chi connectivity index (χ1v) is 8.01. The number of benzene rings is 2. The summed E-state index contributed by atoms with van der Waals surface area (Å²) in [6.45, 7) is 1.58. The molecule has 0 atom stereocenters. The highest BCUT2D eigenvalue weighted by Crippen LogP contribution is 2.31. The molecule has 0 aliphatic rings. The molecule has 0 saturated heterocycles. The zero-order valence-corrected chi connectivity index (χ0v) is 14.6. The number of fused-ring (bicyclic) bond motifs is 1. The van der Waals surface area contributed by atoms with Gasteiger partial charge in [0.25, 0.3) is 5.91 Å². The average molecular weight is 378 g/mol. The van der Waals surface area contributed by atoms with Gasteiger partial charge >= 0.3 is 0 Å². The summed E-state index contributed by atoms with van der Waals surface area (Å²) < 4.78 is 1.48. The molecule has 1 aromatic heterocycles. The molecular formula is C16H13Cl2N5O2. The van der Waals surface area contributed by atoms with E-state index in [0.717, 1.165) is 5.52 Å². The number of amides is 1. The fourth-order valence-corrected chi connectivity index (χ4v) is 2.75. The maximum absolute atomic E-state index is 12.1. The number of carbonyl (C=O) groups excluding carboxylic acids is 1. The molecule has 2 aromatic carbocycles. The number of rotatable bonds is 4. The van der Waals surface area contributed by atoms with E-state index in [0.29, 0.717) is 21.8 Å². The van der Waals surface area contributed by atoms with E-state index in [9.17, 15) is 9.90 Å². The van der Waals surface area contributed by atoms with Crippen LogP contribution in [0.1, 0.15) is 12.5 Å². The number of phenols is 1. The molecule has 0 bridgehead atoms. The van der Waals surface area contributed by atoms with Gasteiger partial charge in [-0.25, -0.2) is 10.1 Å². The number of halogens is 2. The van der Waals surface area contributed by atoms with Gasteiger partial charge in [0.2, 0.25) is 0 Å². The first-order chi connectivity index (χ1) is 12.0. The van der Waals surface area contributed by atoms with Crippen molar-refractivity contribution in [1.29, 1.82) is 0 Å². The van der Waals surface area contributed by atoms with E-state index in [2.05, 4.69) is 20.8 Å². The van der Waals surface area contributed by atoms with Crippen LogP contribution in [0, 0.1) is 0 Å². The van der Waals surface area contributed by atoms with E-state index in [-0.39, 0.29) is 23.2 Å². The third-order valence-electron chi connectivity index (χ3n) is 3.48. The van der Waals surface area contributed by atoms with Gasteiger partial charge in [-0.2, -0.15) is 5.10 Å². The van der Waals surface area contributed by atoms with Crippen LogP contribution < -0.4 is 5.43 Å². The van der Waals surface area contributed by atoms with Crippen molar-refractivity contribution in [2.24, 2.45) is 5.10 Å². The number of carbonyl (C=O) groups is 1. The number of para-hydroxylation sites is 1. The van der Waals surface area contributed by atoms with Crippen molar-refractivity contribution in [3.63, 3.8) is 0 Å². The van der Waals surface area contributed by atoms with E-state index >= 15 is 0 Å². The molecule has 0 aliphatic carbocycles. The lowest BCUT2D eigenvalue weighted by molar-refractivity contribution is -0.121. The fraction of sp³-hybridized carbons (Fsp3) is 0.125. The molecule has 0 saturated carbocycles. The number of phenolic OH excluding ortho intramolecular Hbond substituents is 1. The molecule has 9 heteroatoms. The molecule has 0 spiro atoms. The molecular weight excluding hydrogens is 365 g/mol. The Kier molecular flexibility index (Phi) is 4.87. The number of hydrogen-bond donors (Lipinski definition) is 2. The zero-order chi connectivity index (χ0) is 18.0. The Labute approximate surface area is 152 Å². The Morgan fingerprint density at radius 1 is 1.32 bits per heavy atom. The molecule has 128 valence electrons. The maximum Gasteiger partial charge on any atom is 0.261 e. The molecule has 25 heavy (non-hydrogen) atoms. The number of nitrogens with one attached hydrogen (secondary N) is 1. The monoisotopic (exact) mass is 377 g/mol. The lowest BCUT2D eigenvalue weighted by atomic mass is 10.1. The van der Waals surface area contributed by atoms with Crippen LogP contribution in [0.3, 0.4) is 0 Å². The van der Waals surface area contributed by atoms with Crippen LogP contribution in [0.4, 0.5) is 0 Å². The van der Waals surface area contributed by atoms with Crippen molar-refractivity contribution in [2.75, 3.05) is 0 Å². The summed E-state index contributed by atoms with van der Waals surface area (Å²) >= 11 is 11.8. The lowest BCUT2D eigenvalue weighted by Gasteiger charge is -2.07. The Balaban J connectivity index is 1.74. The Hall–Kier alpha value is -2.64. The van der Waals surface area contributed by atoms with Crippen LogP contribution in [0.25, 0.3) is 11.0 Å². The number of hydrogen-bond acceptors (Lipinski definition) is 5. The minimum Gasteiger partial charge on any atom is -0.506 e. The standard InChI is InChI=1S/C16H13Cl2N5O2/c1-9(11-6-10(17)7-12(18)16(11)25)19-21-15(24)8-23-14-5-3-2-4-13(14)20-22-23/h2-7,25H,8H2,1H3,(H,21,24)/b19-9+. The van der Waals surface area contributed by atoms with Crippen LogP contribution in [0.15, 0.2) is 41.5 Å².